The lowest BCUT2D eigenvalue weighted by atomic mass is 9.98. The molecular weight excluding hydrogens is 219 g/mol. The summed E-state index contributed by atoms with van der Waals surface area (Å²) < 4.78 is 18.4. The van der Waals surface area contributed by atoms with E-state index in [-0.39, 0.29) is 13.2 Å². The molecule has 0 aliphatic carbocycles. The van der Waals surface area contributed by atoms with E-state index in [0.29, 0.717) is 5.41 Å². The van der Waals surface area contributed by atoms with E-state index < -0.39 is 7.82 Å². The van der Waals surface area contributed by atoms with Gasteiger partial charge < -0.3 is 14.5 Å². The maximum atomic E-state index is 9.92. The lowest BCUT2D eigenvalue weighted by Crippen LogP contribution is -1.99. The molecule has 0 atom stereocenters. The SMILES string of the molecule is C=CC(C)(C)C.COCCOP(=O)(O)O. The maximum absolute atomic E-state index is 9.92. The molecule has 2 N–H and O–H groups in total. The standard InChI is InChI=1S/C6H12.C3H9O5P/c1-5-6(2,3)4;1-7-2-3-8-9(4,5)6/h5H,1H2,2-4H3;2-3H2,1H3,(H2,4,5,6). The Kier molecular flexibility index (Phi) is 9.20. The Morgan fingerprint density at radius 3 is 1.93 bits per heavy atom. The summed E-state index contributed by atoms with van der Waals surface area (Å²) in [5.41, 5.74) is 0.306. The molecule has 15 heavy (non-hydrogen) atoms. The molecule has 0 radical (unpaired) electrons. The van der Waals surface area contributed by atoms with Crippen LogP contribution in [0.15, 0.2) is 12.7 Å². The van der Waals surface area contributed by atoms with Gasteiger partial charge in [-0.25, -0.2) is 4.57 Å². The second-order valence-corrected chi connectivity index (χ2v) is 5.13. The van der Waals surface area contributed by atoms with E-state index in [4.69, 9.17) is 9.79 Å². The molecule has 0 spiro atoms. The fourth-order valence-corrected chi connectivity index (χ4v) is 0.552. The molecule has 0 unspecified atom stereocenters. The molecule has 0 aromatic heterocycles. The Hall–Kier alpha value is -0.190. The van der Waals surface area contributed by atoms with Crippen LogP contribution >= 0.6 is 7.82 Å². The summed E-state index contributed by atoms with van der Waals surface area (Å²) in [6, 6.07) is 0. The lowest BCUT2D eigenvalue weighted by molar-refractivity contribution is 0.120. The number of ether oxygens (including phenoxy) is 1. The second-order valence-electron chi connectivity index (χ2n) is 3.89. The smallest absolute Gasteiger partial charge is 0.382 e. The number of phosphoric acid groups is 1. The number of rotatable bonds is 4. The van der Waals surface area contributed by atoms with E-state index in [1.807, 2.05) is 6.08 Å². The van der Waals surface area contributed by atoms with Gasteiger partial charge in [0.1, 0.15) is 0 Å². The maximum Gasteiger partial charge on any atom is 0.469 e. The van der Waals surface area contributed by atoms with Gasteiger partial charge in [-0.1, -0.05) is 26.8 Å². The van der Waals surface area contributed by atoms with Crippen molar-refractivity contribution < 1.29 is 23.6 Å². The molecule has 0 rings (SSSR count). The average Bonchev–Trinajstić information content (AvgIpc) is 2.02. The monoisotopic (exact) mass is 240 g/mol. The van der Waals surface area contributed by atoms with Crippen molar-refractivity contribution in [3.05, 3.63) is 12.7 Å². The molecule has 0 saturated carbocycles. The van der Waals surface area contributed by atoms with Crippen molar-refractivity contribution in [2.45, 2.75) is 20.8 Å². The number of hydrogen-bond donors (Lipinski definition) is 2. The molecule has 5 nitrogen and oxygen atoms in total. The average molecular weight is 240 g/mol. The van der Waals surface area contributed by atoms with Crippen LogP contribution in [0.1, 0.15) is 20.8 Å². The first-order valence-corrected chi connectivity index (χ1v) is 5.98. The van der Waals surface area contributed by atoms with Crippen LogP contribution in [-0.2, 0) is 13.8 Å². The predicted octanol–water partition coefficient (Wildman–Crippen LogP) is 1.96. The van der Waals surface area contributed by atoms with E-state index in [1.54, 1.807) is 0 Å². The highest BCUT2D eigenvalue weighted by Gasteiger charge is 2.11. The zero-order valence-corrected chi connectivity index (χ0v) is 10.7. The number of phosphoric ester groups is 1. The van der Waals surface area contributed by atoms with Gasteiger partial charge in [-0.3, -0.25) is 4.52 Å². The van der Waals surface area contributed by atoms with Gasteiger partial charge >= 0.3 is 7.82 Å². The quantitative estimate of drug-likeness (QED) is 0.446. The van der Waals surface area contributed by atoms with Crippen LogP contribution in [0.2, 0.25) is 0 Å². The molecule has 6 heteroatoms. The van der Waals surface area contributed by atoms with E-state index in [1.165, 1.54) is 7.11 Å². The second kappa shape index (κ2) is 8.02. The summed E-state index contributed by atoms with van der Waals surface area (Å²) in [4.78, 5) is 16.2. The largest absolute Gasteiger partial charge is 0.469 e. The van der Waals surface area contributed by atoms with Crippen molar-refractivity contribution in [3.8, 4) is 0 Å². The van der Waals surface area contributed by atoms with Crippen LogP contribution in [0, 0.1) is 5.41 Å². The minimum Gasteiger partial charge on any atom is -0.382 e. The Morgan fingerprint density at radius 2 is 1.73 bits per heavy atom. The van der Waals surface area contributed by atoms with Crippen LogP contribution in [0.5, 0.6) is 0 Å². The van der Waals surface area contributed by atoms with Crippen molar-refractivity contribution in [1.82, 2.24) is 0 Å². The summed E-state index contributed by atoms with van der Waals surface area (Å²) in [7, 11) is -2.86. The topological polar surface area (TPSA) is 76.0 Å². The third-order valence-corrected chi connectivity index (χ3v) is 1.68. The Morgan fingerprint density at radius 1 is 1.33 bits per heavy atom. The first kappa shape index (κ1) is 17.2. The van der Waals surface area contributed by atoms with Gasteiger partial charge in [-0.15, -0.1) is 6.58 Å². The molecule has 0 heterocycles. The molecule has 0 aliphatic rings. The predicted molar refractivity (Wildman–Crippen MR) is 59.5 cm³/mol. The minimum atomic E-state index is -4.28. The fourth-order valence-electron chi connectivity index (χ4n) is 0.240. The minimum absolute atomic E-state index is 0.0826. The molecule has 0 bridgehead atoms. The van der Waals surface area contributed by atoms with E-state index in [9.17, 15) is 4.57 Å². The molecule has 0 aliphatic heterocycles. The third-order valence-electron chi connectivity index (χ3n) is 1.16. The van der Waals surface area contributed by atoms with Crippen molar-refractivity contribution >= 4 is 7.82 Å². The molecule has 0 fully saturated rings. The number of hydrogen-bond acceptors (Lipinski definition) is 3. The van der Waals surface area contributed by atoms with Crippen molar-refractivity contribution in [1.29, 1.82) is 0 Å². The molecular formula is C9H21O5P. The molecule has 0 aromatic rings. The zero-order valence-electron chi connectivity index (χ0n) is 9.77. The highest BCUT2D eigenvalue weighted by Crippen LogP contribution is 2.35. The van der Waals surface area contributed by atoms with Crippen LogP contribution in [0.4, 0.5) is 0 Å². The first-order valence-electron chi connectivity index (χ1n) is 4.45. The van der Waals surface area contributed by atoms with Gasteiger partial charge in [-0.05, 0) is 5.41 Å². The van der Waals surface area contributed by atoms with Gasteiger partial charge in [0.05, 0.1) is 13.2 Å². The van der Waals surface area contributed by atoms with Crippen molar-refractivity contribution in [3.63, 3.8) is 0 Å². The Labute approximate surface area is 91.3 Å². The van der Waals surface area contributed by atoms with Crippen LogP contribution in [0.25, 0.3) is 0 Å². The Balaban J connectivity index is 0. The van der Waals surface area contributed by atoms with Gasteiger partial charge in [0.15, 0.2) is 0 Å². The lowest BCUT2D eigenvalue weighted by Gasteiger charge is -2.08. The van der Waals surface area contributed by atoms with Crippen LogP contribution < -0.4 is 0 Å². The molecule has 0 saturated heterocycles. The van der Waals surface area contributed by atoms with E-state index in [0.717, 1.165) is 0 Å². The fraction of sp³-hybridized carbons (Fsp3) is 0.778. The molecule has 0 amide bonds. The van der Waals surface area contributed by atoms with Gasteiger partial charge in [0.25, 0.3) is 0 Å². The van der Waals surface area contributed by atoms with Crippen molar-refractivity contribution in [2.24, 2.45) is 5.41 Å². The zero-order chi connectivity index (χ0) is 12.5. The Bertz CT molecular complexity index is 203. The summed E-state index contributed by atoms with van der Waals surface area (Å²) in [5, 5.41) is 0. The highest BCUT2D eigenvalue weighted by atomic mass is 31.2. The third kappa shape index (κ3) is 24.8. The van der Waals surface area contributed by atoms with E-state index in [2.05, 4.69) is 36.6 Å². The van der Waals surface area contributed by atoms with Crippen molar-refractivity contribution in [2.75, 3.05) is 20.3 Å². The number of methoxy groups -OCH3 is 1. The van der Waals surface area contributed by atoms with Crippen LogP contribution in [-0.4, -0.2) is 30.1 Å². The summed E-state index contributed by atoms with van der Waals surface area (Å²) in [6.07, 6.45) is 1.94. The number of allylic oxidation sites excluding steroid dienone is 1. The first-order chi connectivity index (χ1) is 6.62. The summed E-state index contributed by atoms with van der Waals surface area (Å²) >= 11 is 0. The van der Waals surface area contributed by atoms with Gasteiger partial charge in [-0.2, -0.15) is 0 Å². The van der Waals surface area contributed by atoms with E-state index >= 15 is 0 Å². The molecule has 92 valence electrons. The van der Waals surface area contributed by atoms with Gasteiger partial charge in [0, 0.05) is 7.11 Å². The normalized spacial score (nSPS) is 11.6. The summed E-state index contributed by atoms with van der Waals surface area (Å²) in [6.45, 7) is 10.1. The highest BCUT2D eigenvalue weighted by molar-refractivity contribution is 7.46. The van der Waals surface area contributed by atoms with Gasteiger partial charge in [0.2, 0.25) is 0 Å². The molecule has 0 aromatic carbocycles. The summed E-state index contributed by atoms with van der Waals surface area (Å²) in [5.74, 6) is 0. The van der Waals surface area contributed by atoms with Crippen LogP contribution in [0.3, 0.4) is 0 Å².